The molecule has 3 heterocycles. The van der Waals surface area contributed by atoms with Gasteiger partial charge in [-0.15, -0.1) is 34.2 Å². The molecule has 0 saturated carbocycles. The predicted molar refractivity (Wildman–Crippen MR) is 108 cm³/mol. The van der Waals surface area contributed by atoms with E-state index in [0.717, 1.165) is 56.6 Å². The molecule has 2 aromatic heterocycles. The highest BCUT2D eigenvalue weighted by Crippen LogP contribution is 2.14. The first kappa shape index (κ1) is 19.7. The van der Waals surface area contributed by atoms with Crippen molar-refractivity contribution in [2.24, 2.45) is 4.99 Å². The van der Waals surface area contributed by atoms with E-state index in [2.05, 4.69) is 42.4 Å². The molecule has 2 N–H and O–H groups in total. The molecule has 0 bridgehead atoms. The van der Waals surface area contributed by atoms with Gasteiger partial charge < -0.3 is 15.2 Å². The van der Waals surface area contributed by atoms with E-state index < -0.39 is 0 Å². The fourth-order valence-electron chi connectivity index (χ4n) is 2.86. The maximum Gasteiger partial charge on any atom is 0.191 e. The number of aromatic nitrogens is 5. The number of guanidine groups is 1. The lowest BCUT2D eigenvalue weighted by Gasteiger charge is -2.14. The largest absolute Gasteiger partial charge is 0.357 e. The monoisotopic (exact) mass is 458 g/mol. The SMILES string of the molecule is CCNC(=NCc1nnc2n1CCCC2)NCCCn1cccn1.I. The summed E-state index contributed by atoms with van der Waals surface area (Å²) in [6.07, 6.45) is 8.22. The van der Waals surface area contributed by atoms with Crippen LogP contribution in [0, 0.1) is 0 Å². The lowest BCUT2D eigenvalue weighted by atomic mass is 10.2. The van der Waals surface area contributed by atoms with E-state index in [1.807, 2.05) is 16.9 Å². The zero-order valence-electron chi connectivity index (χ0n) is 14.7. The van der Waals surface area contributed by atoms with Gasteiger partial charge in [0.25, 0.3) is 0 Å². The Morgan fingerprint density at radius 1 is 1.28 bits per heavy atom. The second kappa shape index (κ2) is 10.4. The van der Waals surface area contributed by atoms with Gasteiger partial charge in [0, 0.05) is 45.0 Å². The smallest absolute Gasteiger partial charge is 0.191 e. The number of halogens is 1. The number of aliphatic imine (C=N–C) groups is 1. The summed E-state index contributed by atoms with van der Waals surface area (Å²) in [5, 5.41) is 19.4. The molecule has 0 aliphatic carbocycles. The van der Waals surface area contributed by atoms with E-state index in [-0.39, 0.29) is 24.0 Å². The molecule has 3 rings (SSSR count). The van der Waals surface area contributed by atoms with E-state index in [0.29, 0.717) is 6.54 Å². The van der Waals surface area contributed by atoms with Crippen molar-refractivity contribution in [3.05, 3.63) is 30.1 Å². The van der Waals surface area contributed by atoms with Crippen LogP contribution in [0.3, 0.4) is 0 Å². The number of nitrogens with one attached hydrogen (secondary N) is 2. The third-order valence-corrected chi connectivity index (χ3v) is 4.07. The Kier molecular flexibility index (Phi) is 8.16. The summed E-state index contributed by atoms with van der Waals surface area (Å²) in [5.74, 6) is 2.88. The molecule has 0 spiro atoms. The second-order valence-corrected chi connectivity index (χ2v) is 5.89. The quantitative estimate of drug-likeness (QED) is 0.285. The van der Waals surface area contributed by atoms with Crippen molar-refractivity contribution in [1.82, 2.24) is 35.2 Å². The highest BCUT2D eigenvalue weighted by Gasteiger charge is 2.15. The average molecular weight is 458 g/mol. The fourth-order valence-corrected chi connectivity index (χ4v) is 2.86. The van der Waals surface area contributed by atoms with Gasteiger partial charge in [0.05, 0.1) is 0 Å². The molecule has 1 aliphatic heterocycles. The Hall–Kier alpha value is -1.65. The van der Waals surface area contributed by atoms with Gasteiger partial charge in [-0.1, -0.05) is 0 Å². The summed E-state index contributed by atoms with van der Waals surface area (Å²) in [6, 6.07) is 1.94. The van der Waals surface area contributed by atoms with Crippen molar-refractivity contribution in [2.75, 3.05) is 13.1 Å². The molecule has 25 heavy (non-hydrogen) atoms. The molecule has 0 saturated heterocycles. The van der Waals surface area contributed by atoms with E-state index >= 15 is 0 Å². The lowest BCUT2D eigenvalue weighted by molar-refractivity contribution is 0.508. The van der Waals surface area contributed by atoms with Crippen molar-refractivity contribution in [1.29, 1.82) is 0 Å². The first-order valence-corrected chi connectivity index (χ1v) is 8.77. The predicted octanol–water partition coefficient (Wildman–Crippen LogP) is 1.57. The van der Waals surface area contributed by atoms with Gasteiger partial charge in [-0.3, -0.25) is 4.68 Å². The molecule has 0 amide bonds. The van der Waals surface area contributed by atoms with Crippen LogP contribution in [-0.2, 0) is 26.1 Å². The summed E-state index contributed by atoms with van der Waals surface area (Å²) in [6.45, 7) is 6.23. The van der Waals surface area contributed by atoms with Crippen LogP contribution >= 0.6 is 24.0 Å². The fraction of sp³-hybridized carbons (Fsp3) is 0.625. The maximum absolute atomic E-state index is 4.65. The highest BCUT2D eigenvalue weighted by atomic mass is 127. The Morgan fingerprint density at radius 3 is 3.00 bits per heavy atom. The third kappa shape index (κ3) is 5.68. The van der Waals surface area contributed by atoms with Gasteiger partial charge in [-0.25, -0.2) is 4.99 Å². The third-order valence-electron chi connectivity index (χ3n) is 4.07. The molecule has 0 aromatic carbocycles. The van der Waals surface area contributed by atoms with Gasteiger partial charge in [-0.05, 0) is 32.3 Å². The minimum atomic E-state index is 0. The van der Waals surface area contributed by atoms with Gasteiger partial charge in [0.15, 0.2) is 11.8 Å². The normalized spacial score (nSPS) is 13.9. The van der Waals surface area contributed by atoms with Crippen LogP contribution in [0.15, 0.2) is 23.5 Å². The van der Waals surface area contributed by atoms with E-state index in [4.69, 9.17) is 0 Å². The highest BCUT2D eigenvalue weighted by molar-refractivity contribution is 14.0. The first-order chi connectivity index (χ1) is 11.9. The molecular weight excluding hydrogens is 431 g/mol. The minimum Gasteiger partial charge on any atom is -0.357 e. The van der Waals surface area contributed by atoms with Gasteiger partial charge in [0.1, 0.15) is 12.4 Å². The maximum atomic E-state index is 4.65. The van der Waals surface area contributed by atoms with Crippen molar-refractivity contribution >= 4 is 29.9 Å². The number of fused-ring (bicyclic) bond motifs is 1. The molecule has 0 atom stereocenters. The average Bonchev–Trinajstić information content (AvgIpc) is 3.26. The molecule has 0 fully saturated rings. The van der Waals surface area contributed by atoms with Crippen molar-refractivity contribution < 1.29 is 0 Å². The van der Waals surface area contributed by atoms with Crippen LogP contribution in [-0.4, -0.2) is 43.6 Å². The van der Waals surface area contributed by atoms with Gasteiger partial charge in [0.2, 0.25) is 0 Å². The topological polar surface area (TPSA) is 85.0 Å². The molecule has 0 unspecified atom stereocenters. The minimum absolute atomic E-state index is 0. The molecule has 138 valence electrons. The number of hydrogen-bond donors (Lipinski definition) is 2. The molecule has 2 aromatic rings. The van der Waals surface area contributed by atoms with Crippen LogP contribution in [0.1, 0.15) is 37.8 Å². The van der Waals surface area contributed by atoms with Crippen LogP contribution in [0.25, 0.3) is 0 Å². The van der Waals surface area contributed by atoms with Gasteiger partial charge >= 0.3 is 0 Å². The zero-order valence-corrected chi connectivity index (χ0v) is 17.0. The summed E-state index contributed by atoms with van der Waals surface area (Å²) < 4.78 is 4.16. The summed E-state index contributed by atoms with van der Waals surface area (Å²) in [7, 11) is 0. The Bertz CT molecular complexity index is 649. The Morgan fingerprint density at radius 2 is 2.20 bits per heavy atom. The van der Waals surface area contributed by atoms with Crippen LogP contribution < -0.4 is 10.6 Å². The summed E-state index contributed by atoms with van der Waals surface area (Å²) >= 11 is 0. The summed E-state index contributed by atoms with van der Waals surface area (Å²) in [4.78, 5) is 4.65. The van der Waals surface area contributed by atoms with E-state index in [1.165, 1.54) is 12.8 Å². The lowest BCUT2D eigenvalue weighted by Crippen LogP contribution is -2.38. The van der Waals surface area contributed by atoms with Crippen molar-refractivity contribution in [2.45, 2.75) is 52.2 Å². The number of rotatable bonds is 7. The van der Waals surface area contributed by atoms with Crippen LogP contribution in [0.4, 0.5) is 0 Å². The second-order valence-electron chi connectivity index (χ2n) is 5.89. The van der Waals surface area contributed by atoms with Crippen molar-refractivity contribution in [3.8, 4) is 0 Å². The van der Waals surface area contributed by atoms with E-state index in [1.54, 1.807) is 6.20 Å². The summed E-state index contributed by atoms with van der Waals surface area (Å²) in [5.41, 5.74) is 0. The molecule has 8 nitrogen and oxygen atoms in total. The van der Waals surface area contributed by atoms with Crippen molar-refractivity contribution in [3.63, 3.8) is 0 Å². The van der Waals surface area contributed by atoms with Gasteiger partial charge in [-0.2, -0.15) is 5.10 Å². The Balaban J connectivity index is 0.00000225. The standard InChI is InChI=1S/C16H26N8.HI/c1-2-17-16(18-8-5-10-23-11-6-9-20-23)19-13-15-22-21-14-7-3-4-12-24(14)15;/h6,9,11H,2-5,7-8,10,12-13H2,1H3,(H2,17,18,19);1H. The Labute approximate surface area is 165 Å². The van der Waals surface area contributed by atoms with Crippen LogP contribution in [0.5, 0.6) is 0 Å². The number of aryl methyl sites for hydroxylation is 2. The zero-order chi connectivity index (χ0) is 16.6. The molecule has 1 aliphatic rings. The number of hydrogen-bond acceptors (Lipinski definition) is 4. The number of nitrogens with zero attached hydrogens (tertiary/aromatic N) is 6. The molecule has 9 heteroatoms. The molecular formula is C16H27IN8. The first-order valence-electron chi connectivity index (χ1n) is 8.77. The van der Waals surface area contributed by atoms with E-state index in [9.17, 15) is 0 Å². The van der Waals surface area contributed by atoms with Crippen LogP contribution in [0.2, 0.25) is 0 Å². The molecule has 0 radical (unpaired) electrons.